The molecule has 0 spiro atoms. The molecule has 330 valence electrons. The number of hydrogen-bond acceptors (Lipinski definition) is 12. The number of phosphoric ester groups is 1. The molecule has 10 rings (SSSR count). The zero-order valence-electron chi connectivity index (χ0n) is 36.0. The van der Waals surface area contributed by atoms with Gasteiger partial charge in [0, 0.05) is 19.3 Å². The van der Waals surface area contributed by atoms with Crippen molar-refractivity contribution in [3.8, 4) is 11.5 Å². The topological polar surface area (TPSA) is 119 Å². The van der Waals surface area contributed by atoms with Crippen molar-refractivity contribution in [3.63, 3.8) is 0 Å². The molecule has 5 saturated heterocycles. The maximum atomic E-state index is 14.5. The molecule has 5 fully saturated rings. The molecule has 6 heterocycles. The minimum atomic E-state index is -4.32. The Balaban J connectivity index is 0.933. The Morgan fingerprint density at radius 3 is 2.13 bits per heavy atom. The lowest BCUT2D eigenvalue weighted by Gasteiger charge is -2.62. The van der Waals surface area contributed by atoms with Gasteiger partial charge in [0.25, 0.3) is 5.95 Å². The zero-order valence-corrected chi connectivity index (χ0v) is 36.9. The highest BCUT2D eigenvalue weighted by atomic mass is 31.2. The van der Waals surface area contributed by atoms with Crippen molar-refractivity contribution in [1.82, 2.24) is 0 Å². The van der Waals surface area contributed by atoms with Crippen LogP contribution < -0.4 is 9.05 Å². The summed E-state index contributed by atoms with van der Waals surface area (Å²) in [6, 6.07) is 32.4. The van der Waals surface area contributed by atoms with Gasteiger partial charge in [-0.3, -0.25) is 0 Å². The fourth-order valence-corrected chi connectivity index (χ4v) is 11.5. The lowest BCUT2D eigenvalue weighted by atomic mass is 9.72. The molecule has 0 amide bonds. The monoisotopic (exact) mass is 868 g/mol. The molecule has 12 atom stereocenters. The van der Waals surface area contributed by atoms with Crippen LogP contribution in [0.2, 0.25) is 0 Å². The predicted octanol–water partition coefficient (Wildman–Crippen LogP) is 9.84. The van der Waals surface area contributed by atoms with Crippen LogP contribution in [0.25, 0.3) is 10.8 Å². The van der Waals surface area contributed by atoms with Crippen molar-refractivity contribution in [2.75, 3.05) is 6.61 Å². The maximum absolute atomic E-state index is 14.5. The summed E-state index contributed by atoms with van der Waals surface area (Å²) in [5.41, 5.74) is -0.522. The highest BCUT2D eigenvalue weighted by Gasteiger charge is 2.65. The number of phosphoric acid groups is 1. The quantitative estimate of drug-likeness (QED) is 0.149. The van der Waals surface area contributed by atoms with Crippen LogP contribution >= 0.6 is 7.82 Å². The Morgan fingerprint density at radius 1 is 0.694 bits per heavy atom. The van der Waals surface area contributed by atoms with Crippen LogP contribution in [0.3, 0.4) is 0 Å². The third-order valence-corrected chi connectivity index (χ3v) is 14.7. The van der Waals surface area contributed by atoms with Crippen molar-refractivity contribution in [1.29, 1.82) is 0 Å². The van der Waals surface area contributed by atoms with Crippen LogP contribution in [0, 0.1) is 5.92 Å². The summed E-state index contributed by atoms with van der Waals surface area (Å²) in [7, 11) is -4.32. The van der Waals surface area contributed by atoms with Gasteiger partial charge in [-0.25, -0.2) is 0 Å². The smallest absolute Gasteiger partial charge is 0.459 e. The molecule has 0 aromatic heterocycles. The largest absolute Gasteiger partial charge is 0.649 e. The Bertz CT molecular complexity index is 2240. The number of benzene rings is 4. The van der Waals surface area contributed by atoms with E-state index >= 15 is 0 Å². The first-order valence-corrected chi connectivity index (χ1v) is 23.5. The molecule has 62 heavy (non-hydrogen) atoms. The summed E-state index contributed by atoms with van der Waals surface area (Å²) in [4.78, 5) is 0. The van der Waals surface area contributed by atoms with Gasteiger partial charge in [-0.15, -0.1) is 0 Å². The first-order chi connectivity index (χ1) is 29.8. The van der Waals surface area contributed by atoms with Gasteiger partial charge in [0.15, 0.2) is 5.79 Å². The van der Waals surface area contributed by atoms with Gasteiger partial charge < -0.3 is 51.5 Å². The van der Waals surface area contributed by atoms with E-state index in [1.807, 2.05) is 32.0 Å². The molecule has 0 saturated carbocycles. The van der Waals surface area contributed by atoms with E-state index < -0.39 is 55.3 Å². The van der Waals surface area contributed by atoms with Gasteiger partial charge in [-0.1, -0.05) is 79.7 Å². The lowest BCUT2D eigenvalue weighted by Crippen LogP contribution is -2.75. The van der Waals surface area contributed by atoms with Crippen LogP contribution in [0.5, 0.6) is 11.5 Å². The number of hydrogen-bond donors (Lipinski definition) is 0. The summed E-state index contributed by atoms with van der Waals surface area (Å²) in [6.07, 6.45) is 1.39. The first-order valence-electron chi connectivity index (χ1n) is 22.1. The van der Waals surface area contributed by atoms with Crippen LogP contribution in [0.4, 0.5) is 0 Å². The highest BCUT2D eigenvalue weighted by molar-refractivity contribution is 7.49. The van der Waals surface area contributed by atoms with Crippen LogP contribution in [0.15, 0.2) is 115 Å². The van der Waals surface area contributed by atoms with Gasteiger partial charge in [0.05, 0.1) is 55.4 Å². The average molecular weight is 869 g/mol. The van der Waals surface area contributed by atoms with Crippen molar-refractivity contribution in [3.05, 3.63) is 121 Å². The van der Waals surface area contributed by atoms with E-state index in [9.17, 15) is 4.57 Å². The van der Waals surface area contributed by atoms with E-state index in [0.717, 1.165) is 17.4 Å². The zero-order chi connectivity index (χ0) is 42.7. The summed E-state index contributed by atoms with van der Waals surface area (Å²) in [5.74, 6) is -0.0482. The van der Waals surface area contributed by atoms with Crippen molar-refractivity contribution in [2.24, 2.45) is 5.92 Å². The third kappa shape index (κ3) is 8.41. The van der Waals surface area contributed by atoms with E-state index in [1.165, 1.54) is 5.39 Å². The van der Waals surface area contributed by atoms with Gasteiger partial charge in [0.2, 0.25) is 0 Å². The normalized spacial score (nSPS) is 36.4. The molecule has 4 aromatic carbocycles. The fourth-order valence-electron chi connectivity index (χ4n) is 10.3. The van der Waals surface area contributed by atoms with E-state index in [4.69, 9.17) is 51.5 Å². The van der Waals surface area contributed by atoms with E-state index in [0.29, 0.717) is 50.4 Å². The fraction of sp³-hybridized carbons (Fsp3) is 0.510. The van der Waals surface area contributed by atoms with Gasteiger partial charge in [-0.2, -0.15) is 4.57 Å². The molecule has 0 unspecified atom stereocenters. The Kier molecular flexibility index (Phi) is 11.2. The minimum Gasteiger partial charge on any atom is -0.459 e. The molecule has 0 aliphatic carbocycles. The van der Waals surface area contributed by atoms with Gasteiger partial charge >= 0.3 is 7.82 Å². The predicted molar refractivity (Wildman–Crippen MR) is 229 cm³/mol. The first kappa shape index (κ1) is 42.0. The van der Waals surface area contributed by atoms with Crippen LogP contribution in [-0.4, -0.2) is 78.5 Å². The standard InChI is InChI=1S/C49H57O12P/c1-31-20-23-43(61-62(50,59-35-16-8-6-9-17-35)60-36-18-10-7-11-19-36)54-39-28-42-49(5,58-44(31)39)46(51-30-32-21-22-33-14-12-13-15-34(33)26-32)45-40(53-42)29-48(4)41(55-45)27-38-37(57-48)24-25-52-47(2,3)56-38/h6-19,21-23,26,31,37-42,44-46H,20,24-25,27-30H2,1-5H3/t31-,37+,38-,39+,40+,41+,42-,44-,45+,46-,48-,49-/m1/s1. The van der Waals surface area contributed by atoms with E-state index in [-0.39, 0.29) is 36.3 Å². The summed E-state index contributed by atoms with van der Waals surface area (Å²) in [6.45, 7) is 11.2. The molecular formula is C49H57O12P. The highest BCUT2D eigenvalue weighted by Crippen LogP contribution is 2.55. The SMILES string of the molecule is C[C@@H]1CC=C(OP(=O)(Oc2ccccc2)Oc2ccccc2)O[C@H]2C[C@H]3O[C@H]4C[C@@]5(C)O[C@H]6CCOC(C)(C)O[C@@H]6C[C@@H]5O[C@@H]4[C@@H](OCc4ccc5ccccc5c4)[C@]3(C)O[C@H]12. The Morgan fingerprint density at radius 2 is 1.39 bits per heavy atom. The molecule has 12 nitrogen and oxygen atoms in total. The van der Waals surface area contributed by atoms with Crippen molar-refractivity contribution in [2.45, 2.75) is 145 Å². The number of allylic oxidation sites excluding steroid dienone is 1. The maximum Gasteiger partial charge on any atom is 0.649 e. The molecular weight excluding hydrogens is 812 g/mol. The minimum absolute atomic E-state index is 0.0283. The number of fused-ring (bicyclic) bond motifs is 6. The van der Waals surface area contributed by atoms with Crippen molar-refractivity contribution < 1.29 is 56.0 Å². The average Bonchev–Trinajstić information content (AvgIpc) is 3.48. The van der Waals surface area contributed by atoms with Gasteiger partial charge in [-0.05, 0) is 99.2 Å². The Labute approximate surface area is 363 Å². The van der Waals surface area contributed by atoms with Crippen molar-refractivity contribution >= 4 is 18.6 Å². The second-order valence-corrected chi connectivity index (χ2v) is 20.0. The number of ether oxygens (including phenoxy) is 8. The molecule has 0 bridgehead atoms. The number of rotatable bonds is 9. The van der Waals surface area contributed by atoms with Crippen LogP contribution in [0.1, 0.15) is 72.3 Å². The molecule has 0 N–H and O–H groups in total. The molecule has 4 aromatic rings. The van der Waals surface area contributed by atoms with E-state index in [2.05, 4.69) is 57.2 Å². The second-order valence-electron chi connectivity index (χ2n) is 18.5. The van der Waals surface area contributed by atoms with Crippen LogP contribution in [-0.2, 0) is 53.6 Å². The second kappa shape index (κ2) is 16.5. The summed E-state index contributed by atoms with van der Waals surface area (Å²) in [5, 5.41) is 2.32. The van der Waals surface area contributed by atoms with Gasteiger partial charge in [0.1, 0.15) is 35.4 Å². The molecule has 6 aliphatic rings. The third-order valence-electron chi connectivity index (χ3n) is 13.4. The number of para-hydroxylation sites is 2. The van der Waals surface area contributed by atoms with E-state index in [1.54, 1.807) is 54.6 Å². The summed E-state index contributed by atoms with van der Waals surface area (Å²) < 4.78 is 87.5. The molecule has 6 aliphatic heterocycles. The summed E-state index contributed by atoms with van der Waals surface area (Å²) >= 11 is 0. The Hall–Kier alpha value is -3.97. The molecule has 13 heteroatoms. The lowest BCUT2D eigenvalue weighted by molar-refractivity contribution is -0.382. The molecule has 0 radical (unpaired) electrons.